The molecule has 0 bridgehead atoms. The Hall–Kier alpha value is -2.30. The standard InChI is InChI=1S/C21H23N3O.ClH/c1-17-7-9-18(10-8-17)21-15-20(25-22-21)16-23-11-13-24(14-12-23)19-5-3-2-4-6-19;/h2-10,15H,11-14,16H2,1H3;1H. The molecule has 0 amide bonds. The van der Waals surface area contributed by atoms with Crippen LogP contribution in [0, 0.1) is 6.92 Å². The second-order valence-electron chi connectivity index (χ2n) is 6.64. The number of para-hydroxylation sites is 1. The number of nitrogens with zero attached hydrogens (tertiary/aromatic N) is 3. The molecule has 0 unspecified atom stereocenters. The molecule has 1 aliphatic rings. The first-order chi connectivity index (χ1) is 12.3. The van der Waals surface area contributed by atoms with E-state index < -0.39 is 0 Å². The van der Waals surface area contributed by atoms with Gasteiger partial charge in [0.2, 0.25) is 0 Å². The van der Waals surface area contributed by atoms with E-state index in [1.165, 1.54) is 11.3 Å². The van der Waals surface area contributed by atoms with Crippen LogP contribution in [0.2, 0.25) is 0 Å². The van der Waals surface area contributed by atoms with Crippen LogP contribution in [0.25, 0.3) is 11.3 Å². The number of hydrogen-bond donors (Lipinski definition) is 0. The topological polar surface area (TPSA) is 32.5 Å². The maximum Gasteiger partial charge on any atom is 0.151 e. The number of aryl methyl sites for hydroxylation is 1. The van der Waals surface area contributed by atoms with Gasteiger partial charge in [-0.3, -0.25) is 4.90 Å². The Morgan fingerprint density at radius 2 is 1.62 bits per heavy atom. The lowest BCUT2D eigenvalue weighted by Crippen LogP contribution is -2.45. The first-order valence-corrected chi connectivity index (χ1v) is 8.83. The van der Waals surface area contributed by atoms with Gasteiger partial charge in [0.25, 0.3) is 0 Å². The lowest BCUT2D eigenvalue weighted by molar-refractivity contribution is 0.220. The number of hydrogen-bond acceptors (Lipinski definition) is 4. The van der Waals surface area contributed by atoms with Crippen molar-refractivity contribution in [1.82, 2.24) is 10.1 Å². The van der Waals surface area contributed by atoms with Crippen molar-refractivity contribution in [1.29, 1.82) is 0 Å². The van der Waals surface area contributed by atoms with Crippen LogP contribution in [0.5, 0.6) is 0 Å². The highest BCUT2D eigenvalue weighted by atomic mass is 35.5. The van der Waals surface area contributed by atoms with E-state index in [1.807, 2.05) is 0 Å². The van der Waals surface area contributed by atoms with E-state index in [0.29, 0.717) is 0 Å². The molecule has 1 saturated heterocycles. The van der Waals surface area contributed by atoms with Crippen molar-refractivity contribution in [2.75, 3.05) is 31.1 Å². The Morgan fingerprint density at radius 3 is 2.31 bits per heavy atom. The summed E-state index contributed by atoms with van der Waals surface area (Å²) in [5.41, 5.74) is 4.58. The van der Waals surface area contributed by atoms with Crippen LogP contribution in [-0.2, 0) is 6.54 Å². The third kappa shape index (κ3) is 4.26. The maximum atomic E-state index is 5.56. The fraction of sp³-hybridized carbons (Fsp3) is 0.286. The van der Waals surface area contributed by atoms with Crippen LogP contribution in [-0.4, -0.2) is 36.2 Å². The fourth-order valence-corrected chi connectivity index (χ4v) is 3.27. The summed E-state index contributed by atoms with van der Waals surface area (Å²) in [5.74, 6) is 0.934. The molecule has 0 atom stereocenters. The average molecular weight is 370 g/mol. The zero-order valence-electron chi connectivity index (χ0n) is 15.0. The van der Waals surface area contributed by atoms with Crippen LogP contribution in [0.15, 0.2) is 65.2 Å². The average Bonchev–Trinajstić information content (AvgIpc) is 3.12. The number of halogens is 1. The van der Waals surface area contributed by atoms with Gasteiger partial charge in [-0.2, -0.15) is 0 Å². The lowest BCUT2D eigenvalue weighted by atomic mass is 10.1. The predicted octanol–water partition coefficient (Wildman–Crippen LogP) is 4.39. The van der Waals surface area contributed by atoms with E-state index >= 15 is 0 Å². The third-order valence-corrected chi connectivity index (χ3v) is 4.78. The normalized spacial score (nSPS) is 14.9. The fourth-order valence-electron chi connectivity index (χ4n) is 3.27. The second-order valence-corrected chi connectivity index (χ2v) is 6.64. The summed E-state index contributed by atoms with van der Waals surface area (Å²) in [6, 6.07) is 21.1. The Balaban J connectivity index is 0.00000196. The molecule has 1 aliphatic heterocycles. The smallest absolute Gasteiger partial charge is 0.151 e. The molecule has 0 aliphatic carbocycles. The van der Waals surface area contributed by atoms with E-state index in [4.69, 9.17) is 4.52 Å². The van der Waals surface area contributed by atoms with Crippen molar-refractivity contribution in [2.45, 2.75) is 13.5 Å². The van der Waals surface area contributed by atoms with Gasteiger partial charge in [0, 0.05) is 43.5 Å². The van der Waals surface area contributed by atoms with Gasteiger partial charge in [-0.25, -0.2) is 0 Å². The van der Waals surface area contributed by atoms with Crippen molar-refractivity contribution in [2.24, 2.45) is 0 Å². The number of benzene rings is 2. The molecular weight excluding hydrogens is 346 g/mol. The van der Waals surface area contributed by atoms with Crippen molar-refractivity contribution in [3.63, 3.8) is 0 Å². The SMILES string of the molecule is Cc1ccc(-c2cc(CN3CCN(c4ccccc4)CC3)on2)cc1.Cl. The molecule has 136 valence electrons. The molecule has 26 heavy (non-hydrogen) atoms. The summed E-state index contributed by atoms with van der Waals surface area (Å²) in [6.45, 7) is 7.07. The van der Waals surface area contributed by atoms with Crippen LogP contribution < -0.4 is 4.90 Å². The molecule has 2 aromatic carbocycles. The van der Waals surface area contributed by atoms with Gasteiger partial charge >= 0.3 is 0 Å². The minimum absolute atomic E-state index is 0. The van der Waals surface area contributed by atoms with Crippen molar-refractivity contribution in [3.8, 4) is 11.3 Å². The molecule has 5 heteroatoms. The van der Waals surface area contributed by atoms with Crippen LogP contribution >= 0.6 is 12.4 Å². The van der Waals surface area contributed by atoms with Crippen LogP contribution in [0.4, 0.5) is 5.69 Å². The van der Waals surface area contributed by atoms with E-state index in [2.05, 4.69) is 82.5 Å². The molecule has 4 nitrogen and oxygen atoms in total. The van der Waals surface area contributed by atoms with Gasteiger partial charge < -0.3 is 9.42 Å². The Bertz CT molecular complexity index is 809. The highest BCUT2D eigenvalue weighted by Crippen LogP contribution is 2.21. The summed E-state index contributed by atoms with van der Waals surface area (Å²) in [5, 5.41) is 4.23. The van der Waals surface area contributed by atoms with Gasteiger partial charge in [0.05, 0.1) is 6.54 Å². The molecule has 3 aromatic rings. The third-order valence-electron chi connectivity index (χ3n) is 4.78. The highest BCUT2D eigenvalue weighted by Gasteiger charge is 2.18. The second kappa shape index (κ2) is 8.39. The zero-order valence-corrected chi connectivity index (χ0v) is 15.8. The molecule has 1 aromatic heterocycles. The molecule has 0 spiro atoms. The quantitative estimate of drug-likeness (QED) is 0.682. The van der Waals surface area contributed by atoms with Gasteiger partial charge in [-0.1, -0.05) is 53.2 Å². The largest absolute Gasteiger partial charge is 0.369 e. The first-order valence-electron chi connectivity index (χ1n) is 8.83. The molecule has 1 fully saturated rings. The Labute approximate surface area is 160 Å². The lowest BCUT2D eigenvalue weighted by Gasteiger charge is -2.35. The molecule has 0 N–H and O–H groups in total. The predicted molar refractivity (Wildman–Crippen MR) is 108 cm³/mol. The summed E-state index contributed by atoms with van der Waals surface area (Å²) in [4.78, 5) is 4.87. The van der Waals surface area contributed by atoms with Gasteiger partial charge in [0.1, 0.15) is 5.69 Å². The van der Waals surface area contributed by atoms with Crippen molar-refractivity contribution >= 4 is 18.1 Å². The zero-order chi connectivity index (χ0) is 17.1. The van der Waals surface area contributed by atoms with E-state index in [0.717, 1.165) is 49.7 Å². The van der Waals surface area contributed by atoms with Gasteiger partial charge in [-0.05, 0) is 19.1 Å². The monoisotopic (exact) mass is 369 g/mol. The summed E-state index contributed by atoms with van der Waals surface area (Å²) in [7, 11) is 0. The summed E-state index contributed by atoms with van der Waals surface area (Å²) in [6.07, 6.45) is 0. The molecule has 2 heterocycles. The van der Waals surface area contributed by atoms with E-state index in [-0.39, 0.29) is 12.4 Å². The minimum atomic E-state index is 0. The van der Waals surface area contributed by atoms with Crippen molar-refractivity contribution in [3.05, 3.63) is 72.0 Å². The summed E-state index contributed by atoms with van der Waals surface area (Å²) >= 11 is 0. The molecular formula is C21H24ClN3O. The van der Waals surface area contributed by atoms with Crippen molar-refractivity contribution < 1.29 is 4.52 Å². The number of anilines is 1. The number of piperazine rings is 1. The number of aromatic nitrogens is 1. The van der Waals surface area contributed by atoms with Gasteiger partial charge in [0.15, 0.2) is 5.76 Å². The Morgan fingerprint density at radius 1 is 0.923 bits per heavy atom. The van der Waals surface area contributed by atoms with Crippen LogP contribution in [0.1, 0.15) is 11.3 Å². The molecule has 4 rings (SSSR count). The number of rotatable bonds is 4. The molecule has 0 radical (unpaired) electrons. The molecule has 0 saturated carbocycles. The van der Waals surface area contributed by atoms with E-state index in [9.17, 15) is 0 Å². The Kier molecular flexibility index (Phi) is 5.96. The maximum absolute atomic E-state index is 5.56. The summed E-state index contributed by atoms with van der Waals surface area (Å²) < 4.78 is 5.56. The van der Waals surface area contributed by atoms with Gasteiger partial charge in [-0.15, -0.1) is 12.4 Å². The van der Waals surface area contributed by atoms with E-state index in [1.54, 1.807) is 0 Å². The first kappa shape index (κ1) is 18.5. The van der Waals surface area contributed by atoms with Crippen LogP contribution in [0.3, 0.4) is 0 Å². The highest BCUT2D eigenvalue weighted by molar-refractivity contribution is 5.85. The minimum Gasteiger partial charge on any atom is -0.369 e.